The van der Waals surface area contributed by atoms with Gasteiger partial charge in [-0.05, 0) is 57.8 Å². The Morgan fingerprint density at radius 3 is 1.34 bits per heavy atom. The Balaban J connectivity index is 3.96. The molecule has 0 aliphatic rings. The van der Waals surface area contributed by atoms with Gasteiger partial charge in [-0.25, -0.2) is 4.57 Å². The third-order valence-electron chi connectivity index (χ3n) is 10.4. The molecule has 0 aliphatic carbocycles. The average molecular weight is 878 g/mol. The van der Waals surface area contributed by atoms with Crippen molar-refractivity contribution in [3.63, 3.8) is 0 Å². The van der Waals surface area contributed by atoms with E-state index in [1.165, 1.54) is 116 Å². The molecule has 2 unspecified atom stereocenters. The molecule has 0 heterocycles. The van der Waals surface area contributed by atoms with Crippen molar-refractivity contribution < 1.29 is 37.6 Å². The van der Waals surface area contributed by atoms with Crippen LogP contribution in [0.4, 0.5) is 0 Å². The largest absolute Gasteiger partial charge is 0.472 e. The van der Waals surface area contributed by atoms with E-state index in [0.717, 1.165) is 70.6 Å². The van der Waals surface area contributed by atoms with Crippen molar-refractivity contribution in [3.8, 4) is 0 Å². The van der Waals surface area contributed by atoms with Crippen molar-refractivity contribution in [2.24, 2.45) is 5.73 Å². The standard InChI is InChI=1S/C51H92NO8P/c1-3-5-7-9-11-13-15-16-17-18-19-20-21-22-23-24-25-26-27-28-29-30-31-32-34-36-38-40-42-44-51(54)60-49(48-59-61(55,56)58-46-45-52)47-57-50(53)43-41-39-37-35-33-14-12-10-8-6-4-2/h5,7,11,13,16-17,19-20,22-23,49H,3-4,6,8-10,12,14-15,18,21,24-48,52H2,1-2H3,(H,55,56)/b7-5-,13-11-,17-16-,20-19-,23-22-. The van der Waals surface area contributed by atoms with Gasteiger partial charge in [-0.2, -0.15) is 0 Å². The summed E-state index contributed by atoms with van der Waals surface area (Å²) in [4.78, 5) is 34.9. The number of hydrogen-bond acceptors (Lipinski definition) is 8. The van der Waals surface area contributed by atoms with Gasteiger partial charge in [0.15, 0.2) is 6.10 Å². The van der Waals surface area contributed by atoms with Crippen LogP contribution < -0.4 is 5.73 Å². The molecule has 0 aromatic heterocycles. The second kappa shape index (κ2) is 47.2. The van der Waals surface area contributed by atoms with Gasteiger partial charge in [-0.3, -0.25) is 18.6 Å². The zero-order valence-electron chi connectivity index (χ0n) is 39.1. The van der Waals surface area contributed by atoms with Crippen LogP contribution in [0.15, 0.2) is 60.8 Å². The molecule has 0 saturated carbocycles. The van der Waals surface area contributed by atoms with E-state index in [1.807, 2.05) is 0 Å². The third kappa shape index (κ3) is 47.0. The summed E-state index contributed by atoms with van der Waals surface area (Å²) in [6.07, 6.45) is 57.0. The van der Waals surface area contributed by atoms with Crippen LogP contribution >= 0.6 is 7.82 Å². The smallest absolute Gasteiger partial charge is 0.462 e. The van der Waals surface area contributed by atoms with Crippen LogP contribution in [0.25, 0.3) is 0 Å². The van der Waals surface area contributed by atoms with Gasteiger partial charge >= 0.3 is 19.8 Å². The molecule has 9 nitrogen and oxygen atoms in total. The summed E-state index contributed by atoms with van der Waals surface area (Å²) in [6, 6.07) is 0. The maximum absolute atomic E-state index is 12.6. The number of esters is 2. The molecular formula is C51H92NO8P. The molecule has 0 aliphatic heterocycles. The van der Waals surface area contributed by atoms with Crippen LogP contribution in [-0.4, -0.2) is 49.3 Å². The molecule has 0 fully saturated rings. The molecule has 2 atom stereocenters. The van der Waals surface area contributed by atoms with E-state index in [0.29, 0.717) is 6.42 Å². The van der Waals surface area contributed by atoms with E-state index in [4.69, 9.17) is 24.3 Å². The number of ether oxygens (including phenoxy) is 2. The highest BCUT2D eigenvalue weighted by atomic mass is 31.2. The van der Waals surface area contributed by atoms with Gasteiger partial charge in [0.1, 0.15) is 6.61 Å². The van der Waals surface area contributed by atoms with Gasteiger partial charge in [0, 0.05) is 19.4 Å². The lowest BCUT2D eigenvalue weighted by Gasteiger charge is -2.19. The molecule has 0 radical (unpaired) electrons. The van der Waals surface area contributed by atoms with E-state index in [2.05, 4.69) is 74.6 Å². The fourth-order valence-corrected chi connectivity index (χ4v) is 7.55. The highest BCUT2D eigenvalue weighted by Gasteiger charge is 2.26. The molecule has 0 spiro atoms. The summed E-state index contributed by atoms with van der Waals surface area (Å²) in [5.41, 5.74) is 5.36. The SMILES string of the molecule is CC/C=C\C/C=C\C/C=C\C/C=C\C/C=C\CCCCCCCCCCCCCCCC(=O)OC(COC(=O)CCCCCCCCCCCCC)COP(=O)(O)OCCN. The second-order valence-electron chi connectivity index (χ2n) is 16.3. The van der Waals surface area contributed by atoms with Crippen LogP contribution in [-0.2, 0) is 32.7 Å². The first-order valence-corrected chi connectivity index (χ1v) is 26.3. The summed E-state index contributed by atoms with van der Waals surface area (Å²) in [7, 11) is -4.38. The Morgan fingerprint density at radius 2 is 0.902 bits per heavy atom. The van der Waals surface area contributed by atoms with Crippen molar-refractivity contribution in [3.05, 3.63) is 60.8 Å². The molecule has 3 N–H and O–H groups in total. The Hall–Kier alpha value is -2.29. The topological polar surface area (TPSA) is 134 Å². The molecular weight excluding hydrogens is 786 g/mol. The molecule has 10 heteroatoms. The lowest BCUT2D eigenvalue weighted by atomic mass is 10.0. The minimum atomic E-state index is -4.38. The highest BCUT2D eigenvalue weighted by Crippen LogP contribution is 2.43. The van der Waals surface area contributed by atoms with Crippen LogP contribution in [0.1, 0.15) is 219 Å². The number of phosphoric acid groups is 1. The number of unbranched alkanes of at least 4 members (excludes halogenated alkanes) is 23. The van der Waals surface area contributed by atoms with Crippen LogP contribution in [0.2, 0.25) is 0 Å². The van der Waals surface area contributed by atoms with Crippen LogP contribution in [0, 0.1) is 0 Å². The first-order valence-electron chi connectivity index (χ1n) is 24.8. The second-order valence-corrected chi connectivity index (χ2v) is 17.8. The molecule has 0 aromatic carbocycles. The Kier molecular flexibility index (Phi) is 45.4. The van der Waals surface area contributed by atoms with Gasteiger partial charge < -0.3 is 20.1 Å². The number of carbonyl (C=O) groups is 2. The number of rotatable bonds is 46. The molecule has 0 bridgehead atoms. The average Bonchev–Trinajstić information content (AvgIpc) is 3.25. The number of phosphoric ester groups is 1. The van der Waals surface area contributed by atoms with Crippen molar-refractivity contribution in [1.82, 2.24) is 0 Å². The number of nitrogens with two attached hydrogens (primary N) is 1. The Labute approximate surface area is 374 Å². The highest BCUT2D eigenvalue weighted by molar-refractivity contribution is 7.47. The van der Waals surface area contributed by atoms with Crippen molar-refractivity contribution >= 4 is 19.8 Å². The van der Waals surface area contributed by atoms with Crippen LogP contribution in [0.5, 0.6) is 0 Å². The van der Waals surface area contributed by atoms with E-state index in [-0.39, 0.29) is 38.6 Å². The molecule has 61 heavy (non-hydrogen) atoms. The van der Waals surface area contributed by atoms with E-state index < -0.39 is 26.5 Å². The minimum Gasteiger partial charge on any atom is -0.462 e. The predicted octanol–water partition coefficient (Wildman–Crippen LogP) is 14.8. The number of allylic oxidation sites excluding steroid dienone is 10. The monoisotopic (exact) mass is 878 g/mol. The number of hydrogen-bond donors (Lipinski definition) is 2. The van der Waals surface area contributed by atoms with E-state index >= 15 is 0 Å². The summed E-state index contributed by atoms with van der Waals surface area (Å²) in [5, 5.41) is 0. The molecule has 0 aromatic rings. The van der Waals surface area contributed by atoms with Gasteiger partial charge in [0.05, 0.1) is 13.2 Å². The normalized spacial score (nSPS) is 13.7. The fourth-order valence-electron chi connectivity index (χ4n) is 6.78. The predicted molar refractivity (Wildman–Crippen MR) is 256 cm³/mol. The molecule has 0 rings (SSSR count). The Bertz CT molecular complexity index is 1180. The van der Waals surface area contributed by atoms with Gasteiger partial charge in [0.2, 0.25) is 0 Å². The van der Waals surface area contributed by atoms with E-state index in [9.17, 15) is 19.0 Å². The Morgan fingerprint density at radius 1 is 0.508 bits per heavy atom. The molecule has 354 valence electrons. The summed E-state index contributed by atoms with van der Waals surface area (Å²) in [5.74, 6) is -0.827. The first kappa shape index (κ1) is 58.7. The van der Waals surface area contributed by atoms with Gasteiger partial charge in [0.25, 0.3) is 0 Å². The van der Waals surface area contributed by atoms with Gasteiger partial charge in [-0.1, -0.05) is 209 Å². The lowest BCUT2D eigenvalue weighted by molar-refractivity contribution is -0.161. The summed E-state index contributed by atoms with van der Waals surface area (Å²) < 4.78 is 32.8. The van der Waals surface area contributed by atoms with Gasteiger partial charge in [-0.15, -0.1) is 0 Å². The lowest BCUT2D eigenvalue weighted by Crippen LogP contribution is -2.29. The first-order chi connectivity index (χ1) is 29.8. The van der Waals surface area contributed by atoms with Crippen molar-refractivity contribution in [2.45, 2.75) is 225 Å². The summed E-state index contributed by atoms with van der Waals surface area (Å²) >= 11 is 0. The fraction of sp³-hybridized carbons (Fsp3) is 0.765. The minimum absolute atomic E-state index is 0.0529. The zero-order chi connectivity index (χ0) is 44.6. The maximum Gasteiger partial charge on any atom is 0.472 e. The van der Waals surface area contributed by atoms with Crippen LogP contribution in [0.3, 0.4) is 0 Å². The molecule has 0 saturated heterocycles. The number of carbonyl (C=O) groups excluding carboxylic acids is 2. The third-order valence-corrected chi connectivity index (χ3v) is 11.4. The maximum atomic E-state index is 12.6. The zero-order valence-corrected chi connectivity index (χ0v) is 40.0. The van der Waals surface area contributed by atoms with Crippen molar-refractivity contribution in [2.75, 3.05) is 26.4 Å². The summed E-state index contributed by atoms with van der Waals surface area (Å²) in [6.45, 7) is 3.62. The van der Waals surface area contributed by atoms with E-state index in [1.54, 1.807) is 0 Å². The van der Waals surface area contributed by atoms with Crippen molar-refractivity contribution in [1.29, 1.82) is 0 Å². The molecule has 0 amide bonds. The quantitative estimate of drug-likeness (QED) is 0.0265.